The van der Waals surface area contributed by atoms with Gasteiger partial charge in [0, 0.05) is 11.8 Å². The van der Waals surface area contributed by atoms with Gasteiger partial charge in [-0.05, 0) is 31.4 Å². The van der Waals surface area contributed by atoms with E-state index in [2.05, 4.69) is 17.2 Å². The molecule has 0 aromatic carbocycles. The van der Waals surface area contributed by atoms with E-state index in [1.807, 2.05) is 11.8 Å². The highest BCUT2D eigenvalue weighted by Gasteiger charge is 2.15. The van der Waals surface area contributed by atoms with E-state index in [9.17, 15) is 4.79 Å². The first-order valence-electron chi connectivity index (χ1n) is 4.15. The molecule has 0 saturated carbocycles. The smallest absolute Gasteiger partial charge is 0.295 e. The third-order valence-corrected chi connectivity index (χ3v) is 3.15. The largest absolute Gasteiger partial charge is 0.344 e. The van der Waals surface area contributed by atoms with Crippen LogP contribution in [0.4, 0.5) is 0 Å². The molecule has 1 saturated heterocycles. The van der Waals surface area contributed by atoms with Crippen LogP contribution in [0.5, 0.6) is 0 Å². The highest BCUT2D eigenvalue weighted by atomic mass is 32.2. The maximum Gasteiger partial charge on any atom is 0.295 e. The van der Waals surface area contributed by atoms with E-state index in [1.54, 1.807) is 6.92 Å². The number of thioether (sulfide) groups is 1. The Morgan fingerprint density at radius 2 is 2.58 bits per heavy atom. The van der Waals surface area contributed by atoms with Gasteiger partial charge in [-0.15, -0.1) is 0 Å². The first-order chi connectivity index (χ1) is 5.83. The first-order valence-corrected chi connectivity index (χ1v) is 5.20. The quantitative estimate of drug-likeness (QED) is 0.648. The van der Waals surface area contributed by atoms with E-state index in [1.165, 1.54) is 18.6 Å². The van der Waals surface area contributed by atoms with Crippen LogP contribution in [0.1, 0.15) is 19.8 Å². The monoisotopic (exact) mass is 183 g/mol. The van der Waals surface area contributed by atoms with E-state index in [-0.39, 0.29) is 5.91 Å². The maximum atomic E-state index is 10.9. The Hall–Kier alpha value is -0.620. The summed E-state index contributed by atoms with van der Waals surface area (Å²) in [6.45, 7) is 2.45. The molecule has 0 aromatic rings. The van der Waals surface area contributed by atoms with Crippen molar-refractivity contribution < 1.29 is 4.79 Å². The molecule has 1 atom stereocenters. The lowest BCUT2D eigenvalue weighted by Gasteiger charge is -2.06. The minimum atomic E-state index is -0.148. The third kappa shape index (κ3) is 3.19. The fourth-order valence-corrected chi connectivity index (χ4v) is 2.37. The fourth-order valence-electron chi connectivity index (χ4n) is 1.17. The molecule has 1 fully saturated rings. The summed E-state index contributed by atoms with van der Waals surface area (Å²) >= 11 is 1.94. The minimum Gasteiger partial charge on any atom is -0.344 e. The number of rotatable bonds is 2. The van der Waals surface area contributed by atoms with Crippen LogP contribution in [0.25, 0.3) is 0 Å². The fraction of sp³-hybridized carbons (Fsp3) is 0.667. The second kappa shape index (κ2) is 5.10. The van der Waals surface area contributed by atoms with E-state index in [0.29, 0.717) is 5.25 Å². The summed E-state index contributed by atoms with van der Waals surface area (Å²) < 4.78 is 0. The van der Waals surface area contributed by atoms with Gasteiger partial charge < -0.3 is 5.32 Å². The van der Waals surface area contributed by atoms with Gasteiger partial charge in [0.15, 0.2) is 0 Å². The molecular weight excluding hydrogens is 170 g/mol. The predicted molar refractivity (Wildman–Crippen MR) is 51.9 cm³/mol. The van der Waals surface area contributed by atoms with Gasteiger partial charge in [-0.3, -0.25) is 4.79 Å². The topological polar surface area (TPSA) is 29.1 Å². The Labute approximate surface area is 77.5 Å². The van der Waals surface area contributed by atoms with Crippen molar-refractivity contribution in [2.75, 3.05) is 12.3 Å². The average Bonchev–Trinajstić information content (AvgIpc) is 2.53. The van der Waals surface area contributed by atoms with Gasteiger partial charge in [-0.25, -0.2) is 0 Å². The maximum absolute atomic E-state index is 10.9. The van der Waals surface area contributed by atoms with Gasteiger partial charge in [0.2, 0.25) is 0 Å². The van der Waals surface area contributed by atoms with Gasteiger partial charge in [-0.2, -0.15) is 11.8 Å². The predicted octanol–water partition coefficient (Wildman–Crippen LogP) is 1.02. The van der Waals surface area contributed by atoms with Crippen molar-refractivity contribution in [2.24, 2.45) is 0 Å². The van der Waals surface area contributed by atoms with E-state index in [4.69, 9.17) is 0 Å². The molecule has 0 aromatic heterocycles. The van der Waals surface area contributed by atoms with Gasteiger partial charge in [0.25, 0.3) is 5.91 Å². The summed E-state index contributed by atoms with van der Waals surface area (Å²) in [6.07, 6.45) is 2.51. The lowest BCUT2D eigenvalue weighted by molar-refractivity contribution is -0.115. The van der Waals surface area contributed by atoms with Crippen molar-refractivity contribution in [3.63, 3.8) is 0 Å². The average molecular weight is 183 g/mol. The van der Waals surface area contributed by atoms with Crippen LogP contribution in [0, 0.1) is 11.8 Å². The molecule has 1 unspecified atom stereocenters. The molecule has 1 N–H and O–H groups in total. The molecule has 1 rings (SSSR count). The number of nitrogens with one attached hydrogen (secondary N) is 1. The Bertz CT molecular complexity index is 210. The van der Waals surface area contributed by atoms with Crippen LogP contribution in [-0.4, -0.2) is 23.5 Å². The van der Waals surface area contributed by atoms with Gasteiger partial charge in [0.05, 0.1) is 0 Å². The molecule has 1 heterocycles. The van der Waals surface area contributed by atoms with Gasteiger partial charge in [-0.1, -0.05) is 5.92 Å². The normalized spacial score (nSPS) is 21.2. The van der Waals surface area contributed by atoms with Crippen LogP contribution in [0.15, 0.2) is 0 Å². The molecule has 12 heavy (non-hydrogen) atoms. The number of carbonyl (C=O) groups excluding carboxylic acids is 1. The molecule has 2 nitrogen and oxygen atoms in total. The van der Waals surface area contributed by atoms with Crippen molar-refractivity contribution in [2.45, 2.75) is 25.0 Å². The number of amides is 1. The first kappa shape index (κ1) is 9.47. The molecule has 0 radical (unpaired) electrons. The van der Waals surface area contributed by atoms with Crippen LogP contribution in [0.2, 0.25) is 0 Å². The molecule has 0 spiro atoms. The molecule has 1 aliphatic rings. The summed E-state index contributed by atoms with van der Waals surface area (Å²) in [5, 5.41) is 3.41. The highest BCUT2D eigenvalue weighted by molar-refractivity contribution is 8.00. The third-order valence-electron chi connectivity index (χ3n) is 1.75. The summed E-state index contributed by atoms with van der Waals surface area (Å²) in [5.74, 6) is 6.12. The van der Waals surface area contributed by atoms with Crippen LogP contribution >= 0.6 is 11.8 Å². The molecule has 0 aliphatic carbocycles. The lowest BCUT2D eigenvalue weighted by atomic mass is 10.2. The molecule has 0 bridgehead atoms. The number of hydrogen-bond acceptors (Lipinski definition) is 2. The van der Waals surface area contributed by atoms with Gasteiger partial charge >= 0.3 is 0 Å². The molecule has 1 amide bonds. The summed E-state index contributed by atoms with van der Waals surface area (Å²) in [4.78, 5) is 10.9. The van der Waals surface area contributed by atoms with E-state index in [0.717, 1.165) is 6.54 Å². The van der Waals surface area contributed by atoms with Gasteiger partial charge in [0.1, 0.15) is 0 Å². The van der Waals surface area contributed by atoms with Crippen molar-refractivity contribution in [3.05, 3.63) is 0 Å². The van der Waals surface area contributed by atoms with Crippen LogP contribution < -0.4 is 5.32 Å². The van der Waals surface area contributed by atoms with Crippen LogP contribution in [-0.2, 0) is 4.79 Å². The SMILES string of the molecule is CC#CC(=O)NCC1CCCS1. The minimum absolute atomic E-state index is 0.148. The highest BCUT2D eigenvalue weighted by Crippen LogP contribution is 2.24. The lowest BCUT2D eigenvalue weighted by Crippen LogP contribution is -2.28. The molecule has 3 heteroatoms. The number of hydrogen-bond donors (Lipinski definition) is 1. The zero-order valence-electron chi connectivity index (χ0n) is 7.22. The van der Waals surface area contributed by atoms with Crippen molar-refractivity contribution in [1.29, 1.82) is 0 Å². The molecular formula is C9H13NOS. The molecule has 1 aliphatic heterocycles. The Morgan fingerprint density at radius 1 is 1.75 bits per heavy atom. The van der Waals surface area contributed by atoms with Crippen molar-refractivity contribution in [3.8, 4) is 11.8 Å². The number of carbonyl (C=O) groups is 1. The second-order valence-corrected chi connectivity index (χ2v) is 4.13. The summed E-state index contributed by atoms with van der Waals surface area (Å²) in [5.41, 5.74) is 0. The summed E-state index contributed by atoms with van der Waals surface area (Å²) in [7, 11) is 0. The Balaban J connectivity index is 2.14. The Kier molecular flexibility index (Phi) is 4.02. The summed E-state index contributed by atoms with van der Waals surface area (Å²) in [6, 6.07) is 0. The standard InChI is InChI=1S/C9H13NOS/c1-2-4-9(11)10-7-8-5-3-6-12-8/h8H,3,5-7H2,1H3,(H,10,11). The zero-order valence-corrected chi connectivity index (χ0v) is 8.04. The van der Waals surface area contributed by atoms with Crippen molar-refractivity contribution >= 4 is 17.7 Å². The zero-order chi connectivity index (χ0) is 8.81. The Morgan fingerprint density at radius 3 is 3.17 bits per heavy atom. The van der Waals surface area contributed by atoms with Crippen LogP contribution in [0.3, 0.4) is 0 Å². The second-order valence-electron chi connectivity index (χ2n) is 2.72. The molecule has 66 valence electrons. The van der Waals surface area contributed by atoms with Crippen molar-refractivity contribution in [1.82, 2.24) is 5.32 Å². The van der Waals surface area contributed by atoms with E-state index < -0.39 is 0 Å². The van der Waals surface area contributed by atoms with E-state index >= 15 is 0 Å².